The van der Waals surface area contributed by atoms with Crippen molar-refractivity contribution >= 4 is 16.7 Å². The smallest absolute Gasteiger partial charge is 0.165 e. The van der Waals surface area contributed by atoms with Crippen LogP contribution in [0.4, 0.5) is 0 Å². The predicted molar refractivity (Wildman–Crippen MR) is 108 cm³/mol. The molecule has 1 N–H and O–H groups in total. The van der Waals surface area contributed by atoms with E-state index in [1.165, 1.54) is 11.1 Å². The molecule has 0 fully saturated rings. The Labute approximate surface area is 160 Å². The van der Waals surface area contributed by atoms with Crippen LogP contribution >= 0.6 is 0 Å². The number of para-hydroxylation sites is 1. The van der Waals surface area contributed by atoms with E-state index in [4.69, 9.17) is 0 Å². The number of β-amino-alcohol motifs (C(OH)–C–C–N with tert-alkyl or cyclic N) is 1. The molecule has 0 bridgehead atoms. The summed E-state index contributed by atoms with van der Waals surface area (Å²) < 4.78 is 1.99. The summed E-state index contributed by atoms with van der Waals surface area (Å²) in [4.78, 5) is 15.0. The predicted octanol–water partition coefficient (Wildman–Crippen LogP) is 3.56. The lowest BCUT2D eigenvalue weighted by molar-refractivity contribution is 0.0837. The highest BCUT2D eigenvalue weighted by atomic mass is 16.3. The number of hydrogen-bond acceptors (Lipinski definition) is 3. The highest BCUT2D eigenvalue weighted by Gasteiger charge is 2.20. The molecule has 0 unspecified atom stereocenters. The van der Waals surface area contributed by atoms with Crippen LogP contribution in [0.25, 0.3) is 10.9 Å². The van der Waals surface area contributed by atoms with Gasteiger partial charge in [-0.15, -0.1) is 0 Å². The molecule has 0 amide bonds. The third-order valence-corrected chi connectivity index (χ3v) is 5.58. The first-order valence-electron chi connectivity index (χ1n) is 9.66. The zero-order valence-electron chi connectivity index (χ0n) is 15.8. The molecule has 2 aromatic carbocycles. The first-order valence-corrected chi connectivity index (χ1v) is 9.66. The van der Waals surface area contributed by atoms with Crippen LogP contribution in [-0.2, 0) is 20.0 Å². The highest BCUT2D eigenvalue weighted by Crippen LogP contribution is 2.23. The van der Waals surface area contributed by atoms with E-state index in [0.717, 1.165) is 36.0 Å². The van der Waals surface area contributed by atoms with E-state index in [-0.39, 0.29) is 5.78 Å². The Kier molecular flexibility index (Phi) is 5.10. The summed E-state index contributed by atoms with van der Waals surface area (Å²) in [5.74, 6) is 0.106. The molecule has 1 aromatic heterocycles. The summed E-state index contributed by atoms with van der Waals surface area (Å²) in [6.07, 6.45) is 3.33. The zero-order valence-corrected chi connectivity index (χ0v) is 15.8. The Balaban J connectivity index is 1.34. The number of carbonyl (C=O) groups is 1. The molecule has 0 aliphatic carbocycles. The van der Waals surface area contributed by atoms with E-state index in [0.29, 0.717) is 19.4 Å². The minimum atomic E-state index is -0.478. The number of aromatic nitrogens is 1. The normalized spacial score (nSPS) is 15.6. The van der Waals surface area contributed by atoms with Gasteiger partial charge in [-0.2, -0.15) is 0 Å². The van der Waals surface area contributed by atoms with Gasteiger partial charge in [0.25, 0.3) is 0 Å². The second-order valence-electron chi connectivity index (χ2n) is 7.54. The van der Waals surface area contributed by atoms with Crippen molar-refractivity contribution in [1.82, 2.24) is 9.47 Å². The van der Waals surface area contributed by atoms with Crippen molar-refractivity contribution in [3.63, 3.8) is 0 Å². The van der Waals surface area contributed by atoms with Crippen LogP contribution in [0.15, 0.2) is 54.7 Å². The van der Waals surface area contributed by atoms with Gasteiger partial charge >= 0.3 is 0 Å². The van der Waals surface area contributed by atoms with Crippen molar-refractivity contribution in [3.05, 3.63) is 71.4 Å². The van der Waals surface area contributed by atoms with Crippen LogP contribution in [0.2, 0.25) is 0 Å². The fraction of sp³-hybridized carbons (Fsp3) is 0.348. The van der Waals surface area contributed by atoms with Gasteiger partial charge in [0.2, 0.25) is 0 Å². The SMILES string of the molecule is Cn1cc(C(=O)CC[C@H](O)CN2CCc3ccccc3C2)c2ccccc21. The fourth-order valence-corrected chi connectivity index (χ4v) is 4.10. The third kappa shape index (κ3) is 3.82. The first kappa shape index (κ1) is 18.0. The standard InChI is InChI=1S/C23H26N2O2/c1-24-16-21(20-8-4-5-9-22(20)24)23(27)11-10-19(26)15-25-13-12-17-6-2-3-7-18(17)14-25/h2-9,16,19,26H,10-15H2,1H3/t19-/m0/s1. The second kappa shape index (κ2) is 7.67. The van der Waals surface area contributed by atoms with E-state index in [2.05, 4.69) is 29.2 Å². The molecule has 4 heteroatoms. The van der Waals surface area contributed by atoms with Crippen molar-refractivity contribution in [2.75, 3.05) is 13.1 Å². The molecule has 27 heavy (non-hydrogen) atoms. The monoisotopic (exact) mass is 362 g/mol. The Bertz CT molecular complexity index is 960. The fourth-order valence-electron chi connectivity index (χ4n) is 4.10. The number of hydrogen-bond donors (Lipinski definition) is 1. The number of rotatable bonds is 6. The highest BCUT2D eigenvalue weighted by molar-refractivity contribution is 6.08. The number of fused-ring (bicyclic) bond motifs is 2. The van der Waals surface area contributed by atoms with Gasteiger partial charge in [0.15, 0.2) is 5.78 Å². The molecular formula is C23H26N2O2. The largest absolute Gasteiger partial charge is 0.392 e. The maximum atomic E-state index is 12.7. The molecule has 0 spiro atoms. The molecule has 1 aliphatic heterocycles. The van der Waals surface area contributed by atoms with E-state index >= 15 is 0 Å². The van der Waals surface area contributed by atoms with Crippen molar-refractivity contribution in [1.29, 1.82) is 0 Å². The minimum absolute atomic E-state index is 0.106. The summed E-state index contributed by atoms with van der Waals surface area (Å²) >= 11 is 0. The van der Waals surface area contributed by atoms with Crippen LogP contribution in [0.5, 0.6) is 0 Å². The Morgan fingerprint density at radius 1 is 1.11 bits per heavy atom. The van der Waals surface area contributed by atoms with Gasteiger partial charge in [0.05, 0.1) is 6.10 Å². The number of carbonyl (C=O) groups excluding carboxylic acids is 1. The average molecular weight is 362 g/mol. The maximum Gasteiger partial charge on any atom is 0.165 e. The van der Waals surface area contributed by atoms with Crippen LogP contribution in [-0.4, -0.2) is 39.6 Å². The van der Waals surface area contributed by atoms with Gasteiger partial charge in [0.1, 0.15) is 0 Å². The second-order valence-corrected chi connectivity index (χ2v) is 7.54. The van der Waals surface area contributed by atoms with Crippen LogP contribution in [0.3, 0.4) is 0 Å². The summed E-state index contributed by atoms with van der Waals surface area (Å²) in [6.45, 7) is 2.47. The average Bonchev–Trinajstić information content (AvgIpc) is 3.03. The lowest BCUT2D eigenvalue weighted by Gasteiger charge is -2.30. The van der Waals surface area contributed by atoms with E-state index < -0.39 is 6.10 Å². The lowest BCUT2D eigenvalue weighted by Crippen LogP contribution is -2.36. The van der Waals surface area contributed by atoms with Crippen LogP contribution in [0.1, 0.15) is 34.3 Å². The molecular weight excluding hydrogens is 336 g/mol. The Morgan fingerprint density at radius 2 is 1.85 bits per heavy atom. The number of nitrogens with zero attached hydrogens (tertiary/aromatic N) is 2. The Hall–Kier alpha value is -2.43. The molecule has 0 saturated carbocycles. The number of aliphatic hydroxyl groups is 1. The van der Waals surface area contributed by atoms with Crippen molar-refractivity contribution in [2.45, 2.75) is 31.9 Å². The molecule has 0 saturated heterocycles. The number of aliphatic hydroxyl groups excluding tert-OH is 1. The van der Waals surface area contributed by atoms with Gasteiger partial charge in [-0.05, 0) is 30.0 Å². The van der Waals surface area contributed by atoms with Crippen molar-refractivity contribution < 1.29 is 9.90 Å². The van der Waals surface area contributed by atoms with Crippen LogP contribution in [0, 0.1) is 0 Å². The summed E-state index contributed by atoms with van der Waals surface area (Å²) in [7, 11) is 1.96. The van der Waals surface area contributed by atoms with Crippen LogP contribution < -0.4 is 0 Å². The number of ketones is 1. The lowest BCUT2D eigenvalue weighted by atomic mass is 9.99. The molecule has 4 rings (SSSR count). The quantitative estimate of drug-likeness (QED) is 0.682. The van der Waals surface area contributed by atoms with E-state index in [1.54, 1.807) is 0 Å². The molecule has 4 nitrogen and oxygen atoms in total. The van der Waals surface area contributed by atoms with Gasteiger partial charge in [-0.1, -0.05) is 42.5 Å². The molecule has 1 atom stereocenters. The number of benzene rings is 2. The van der Waals surface area contributed by atoms with Crippen molar-refractivity contribution in [3.8, 4) is 0 Å². The molecule has 3 aromatic rings. The summed E-state index contributed by atoms with van der Waals surface area (Å²) in [6, 6.07) is 16.5. The molecule has 2 heterocycles. The van der Waals surface area contributed by atoms with Gasteiger partial charge in [-0.3, -0.25) is 9.69 Å². The van der Waals surface area contributed by atoms with Gasteiger partial charge in [-0.25, -0.2) is 0 Å². The summed E-state index contributed by atoms with van der Waals surface area (Å²) in [5, 5.41) is 11.5. The number of Topliss-reactive ketones (excluding diaryl/α,β-unsaturated/α-hetero) is 1. The number of aryl methyl sites for hydroxylation is 1. The van der Waals surface area contributed by atoms with E-state index in [9.17, 15) is 9.90 Å². The molecule has 140 valence electrons. The van der Waals surface area contributed by atoms with Gasteiger partial charge < -0.3 is 9.67 Å². The summed E-state index contributed by atoms with van der Waals surface area (Å²) in [5.41, 5.74) is 4.58. The minimum Gasteiger partial charge on any atom is -0.392 e. The molecule has 1 aliphatic rings. The first-order chi connectivity index (χ1) is 13.1. The third-order valence-electron chi connectivity index (χ3n) is 5.58. The van der Waals surface area contributed by atoms with Crippen molar-refractivity contribution in [2.24, 2.45) is 7.05 Å². The zero-order chi connectivity index (χ0) is 18.8. The maximum absolute atomic E-state index is 12.7. The van der Waals surface area contributed by atoms with E-state index in [1.807, 2.05) is 42.1 Å². The van der Waals surface area contributed by atoms with Gasteiger partial charge in [0, 0.05) is 55.8 Å². The topological polar surface area (TPSA) is 45.5 Å². The Morgan fingerprint density at radius 3 is 2.70 bits per heavy atom. The molecule has 0 radical (unpaired) electrons.